The first kappa shape index (κ1) is 22.7. The van der Waals surface area contributed by atoms with Gasteiger partial charge in [0.05, 0.1) is 31.4 Å². The third-order valence-electron chi connectivity index (χ3n) is 7.22. The van der Waals surface area contributed by atoms with Gasteiger partial charge in [-0.05, 0) is 61.8 Å². The Morgan fingerprint density at radius 1 is 1.26 bits per heavy atom. The number of hydrogen-bond acceptors (Lipinski definition) is 6. The number of rotatable bonds is 7. The molecule has 10 heteroatoms. The zero-order chi connectivity index (χ0) is 23.9. The van der Waals surface area contributed by atoms with E-state index in [1.54, 1.807) is 36.0 Å². The molecule has 2 aliphatic rings. The van der Waals surface area contributed by atoms with E-state index in [1.807, 2.05) is 0 Å². The highest BCUT2D eigenvalue weighted by Crippen LogP contribution is 2.56. The number of aliphatic hydroxyl groups is 1. The van der Waals surface area contributed by atoms with E-state index in [4.69, 9.17) is 4.74 Å². The highest BCUT2D eigenvalue weighted by molar-refractivity contribution is 6.04. The average Bonchev–Trinajstić information content (AvgIpc) is 3.56. The van der Waals surface area contributed by atoms with Crippen LogP contribution in [0.2, 0.25) is 0 Å². The van der Waals surface area contributed by atoms with Crippen molar-refractivity contribution in [2.24, 2.45) is 18.9 Å². The van der Waals surface area contributed by atoms with E-state index in [1.165, 1.54) is 24.3 Å². The van der Waals surface area contributed by atoms with Crippen molar-refractivity contribution in [3.05, 3.63) is 59.7 Å². The van der Waals surface area contributed by atoms with Crippen molar-refractivity contribution < 1.29 is 19.0 Å². The number of halogens is 1. The standard InChI is InChI=1S/C24H29FN6O3/c1-30-14-26-21(22(30)23(32)28-19-5-3-18(25)4-6-19)15-9-16-11-24(33,12-17(16)10-15)20-13-27-31(29-20)7-8-34-2/h3-6,13-17,33H,7-12H2,1-2H3,(H,28,32). The molecule has 0 spiro atoms. The number of carbonyl (C=O) groups excluding carboxylic acids is 1. The Morgan fingerprint density at radius 3 is 2.65 bits per heavy atom. The Hall–Kier alpha value is -3.11. The molecule has 2 N–H and O–H groups in total. The predicted molar refractivity (Wildman–Crippen MR) is 122 cm³/mol. The van der Waals surface area contributed by atoms with Crippen LogP contribution in [0.1, 0.15) is 53.5 Å². The molecule has 0 radical (unpaired) electrons. The molecule has 1 amide bonds. The minimum Gasteiger partial charge on any atom is -0.383 e. The van der Waals surface area contributed by atoms with Crippen LogP contribution in [0.4, 0.5) is 10.1 Å². The minimum absolute atomic E-state index is 0.145. The van der Waals surface area contributed by atoms with Gasteiger partial charge in [-0.2, -0.15) is 15.0 Å². The fourth-order valence-corrected chi connectivity index (χ4v) is 5.63. The van der Waals surface area contributed by atoms with Crippen molar-refractivity contribution in [2.45, 2.75) is 43.7 Å². The van der Waals surface area contributed by atoms with E-state index >= 15 is 0 Å². The van der Waals surface area contributed by atoms with Crippen LogP contribution in [0, 0.1) is 17.7 Å². The molecule has 2 heterocycles. The van der Waals surface area contributed by atoms with Crippen molar-refractivity contribution in [1.82, 2.24) is 24.5 Å². The van der Waals surface area contributed by atoms with Crippen molar-refractivity contribution in [3.63, 3.8) is 0 Å². The van der Waals surface area contributed by atoms with Crippen LogP contribution in [0.15, 0.2) is 36.8 Å². The topological polar surface area (TPSA) is 107 Å². The third-order valence-corrected chi connectivity index (χ3v) is 7.22. The molecule has 5 rings (SSSR count). The Bertz CT molecular complexity index is 1160. The molecule has 2 saturated carbocycles. The number of imidazole rings is 1. The van der Waals surface area contributed by atoms with Gasteiger partial charge in [-0.25, -0.2) is 9.37 Å². The maximum Gasteiger partial charge on any atom is 0.274 e. The van der Waals surface area contributed by atoms with Crippen molar-refractivity contribution in [1.29, 1.82) is 0 Å². The van der Waals surface area contributed by atoms with Crippen LogP contribution >= 0.6 is 0 Å². The highest BCUT2D eigenvalue weighted by atomic mass is 19.1. The quantitative estimate of drug-likeness (QED) is 0.552. The molecule has 0 aliphatic heterocycles. The Morgan fingerprint density at radius 2 is 1.97 bits per heavy atom. The predicted octanol–water partition coefficient (Wildman–Crippen LogP) is 2.84. The number of nitrogens with zero attached hydrogens (tertiary/aromatic N) is 5. The van der Waals surface area contributed by atoms with Crippen LogP contribution in [0.3, 0.4) is 0 Å². The first-order valence-corrected chi connectivity index (χ1v) is 11.6. The van der Waals surface area contributed by atoms with E-state index in [2.05, 4.69) is 20.5 Å². The second-order valence-electron chi connectivity index (χ2n) is 9.50. The van der Waals surface area contributed by atoms with Gasteiger partial charge in [0.1, 0.15) is 22.8 Å². The van der Waals surface area contributed by atoms with Crippen molar-refractivity contribution in [2.75, 3.05) is 19.0 Å². The minimum atomic E-state index is -0.974. The van der Waals surface area contributed by atoms with Gasteiger partial charge in [0.2, 0.25) is 0 Å². The summed E-state index contributed by atoms with van der Waals surface area (Å²) in [4.78, 5) is 19.2. The number of amides is 1. The van der Waals surface area contributed by atoms with Crippen LogP contribution in [0.25, 0.3) is 0 Å². The maximum absolute atomic E-state index is 13.2. The van der Waals surface area contributed by atoms with Gasteiger partial charge < -0.3 is 19.7 Å². The third kappa shape index (κ3) is 4.23. The van der Waals surface area contributed by atoms with Gasteiger partial charge >= 0.3 is 0 Å². The molecule has 9 nitrogen and oxygen atoms in total. The summed E-state index contributed by atoms with van der Waals surface area (Å²) in [7, 11) is 3.43. The number of ether oxygens (including phenoxy) is 1. The second-order valence-corrected chi connectivity index (χ2v) is 9.50. The summed E-state index contributed by atoms with van der Waals surface area (Å²) in [6, 6.07) is 5.70. The summed E-state index contributed by atoms with van der Waals surface area (Å²) in [6.45, 7) is 1.06. The fraction of sp³-hybridized carbons (Fsp3) is 0.500. The summed E-state index contributed by atoms with van der Waals surface area (Å²) >= 11 is 0. The first-order chi connectivity index (χ1) is 16.4. The van der Waals surface area contributed by atoms with Crippen LogP contribution in [0.5, 0.6) is 0 Å². The molecule has 2 atom stereocenters. The van der Waals surface area contributed by atoms with Gasteiger partial charge in [-0.1, -0.05) is 0 Å². The second kappa shape index (κ2) is 8.92. The SMILES string of the molecule is COCCn1ncc(C2(O)CC3CC(c4ncn(C)c4C(=O)Nc4ccc(F)cc4)CC3C2)n1. The molecule has 180 valence electrons. The zero-order valence-electron chi connectivity index (χ0n) is 19.3. The molecule has 2 fully saturated rings. The monoisotopic (exact) mass is 468 g/mol. The molecule has 2 aromatic heterocycles. The highest BCUT2D eigenvalue weighted by Gasteiger charge is 2.51. The zero-order valence-corrected chi connectivity index (χ0v) is 19.3. The number of hydrogen-bond donors (Lipinski definition) is 2. The van der Waals surface area contributed by atoms with Gasteiger partial charge in [0, 0.05) is 25.8 Å². The molecule has 0 bridgehead atoms. The van der Waals surface area contributed by atoms with E-state index in [0.29, 0.717) is 54.9 Å². The molecule has 34 heavy (non-hydrogen) atoms. The Kier molecular flexibility index (Phi) is 5.95. The van der Waals surface area contributed by atoms with Crippen LogP contribution in [-0.2, 0) is 23.9 Å². The summed E-state index contributed by atoms with van der Waals surface area (Å²) < 4.78 is 20.0. The molecular formula is C24H29FN6O3. The normalized spacial score (nSPS) is 26.1. The van der Waals surface area contributed by atoms with E-state index < -0.39 is 5.60 Å². The lowest BCUT2D eigenvalue weighted by Gasteiger charge is -2.22. The number of fused-ring (bicyclic) bond motifs is 1. The summed E-state index contributed by atoms with van der Waals surface area (Å²) in [5.41, 5.74) is 1.48. The number of nitrogens with one attached hydrogen (secondary N) is 1. The van der Waals surface area contributed by atoms with Gasteiger partial charge in [0.15, 0.2) is 0 Å². The lowest BCUT2D eigenvalue weighted by Crippen LogP contribution is -2.24. The summed E-state index contributed by atoms with van der Waals surface area (Å²) in [5, 5.41) is 22.9. The van der Waals surface area contributed by atoms with Gasteiger partial charge in [-0.15, -0.1) is 0 Å². The number of aromatic nitrogens is 5. The Balaban J connectivity index is 1.27. The molecule has 2 aliphatic carbocycles. The average molecular weight is 469 g/mol. The number of benzene rings is 1. The van der Waals surface area contributed by atoms with E-state index in [0.717, 1.165) is 18.5 Å². The molecule has 3 aromatic rings. The van der Waals surface area contributed by atoms with Crippen molar-refractivity contribution in [3.8, 4) is 0 Å². The Labute approximate surface area is 196 Å². The number of anilines is 1. The molecule has 0 saturated heterocycles. The summed E-state index contributed by atoms with van der Waals surface area (Å²) in [5.74, 6) is 0.187. The lowest BCUT2D eigenvalue weighted by molar-refractivity contribution is 0.0292. The number of methoxy groups -OCH3 is 1. The van der Waals surface area contributed by atoms with Crippen LogP contribution < -0.4 is 5.32 Å². The van der Waals surface area contributed by atoms with Gasteiger partial charge in [-0.3, -0.25) is 4.79 Å². The fourth-order valence-electron chi connectivity index (χ4n) is 5.63. The molecule has 1 aromatic carbocycles. The number of aryl methyl sites for hydroxylation is 1. The van der Waals surface area contributed by atoms with Gasteiger partial charge in [0.25, 0.3) is 5.91 Å². The molecule has 2 unspecified atom stereocenters. The molecular weight excluding hydrogens is 439 g/mol. The first-order valence-electron chi connectivity index (χ1n) is 11.6. The van der Waals surface area contributed by atoms with Crippen LogP contribution in [-0.4, -0.2) is 49.3 Å². The van der Waals surface area contributed by atoms with Crippen molar-refractivity contribution >= 4 is 11.6 Å². The number of carbonyl (C=O) groups is 1. The summed E-state index contributed by atoms with van der Waals surface area (Å²) in [6.07, 6.45) is 6.29. The van der Waals surface area contributed by atoms with E-state index in [-0.39, 0.29) is 17.6 Å². The largest absolute Gasteiger partial charge is 0.383 e. The van der Waals surface area contributed by atoms with E-state index in [9.17, 15) is 14.3 Å². The smallest absolute Gasteiger partial charge is 0.274 e. The maximum atomic E-state index is 13.2. The lowest BCUT2D eigenvalue weighted by atomic mass is 9.90.